The Morgan fingerprint density at radius 1 is 1.12 bits per heavy atom. The third-order valence-corrected chi connectivity index (χ3v) is 5.10. The number of hydrogen-bond acceptors (Lipinski definition) is 2. The quantitative estimate of drug-likeness (QED) is 0.716. The zero-order valence-corrected chi connectivity index (χ0v) is 15.1. The topological polar surface area (TPSA) is 34.5 Å². The molecule has 134 valence electrons. The summed E-state index contributed by atoms with van der Waals surface area (Å²) >= 11 is 0. The highest BCUT2D eigenvalue weighted by Gasteiger charge is 2.26. The number of nitrogens with zero attached hydrogens (tertiary/aromatic N) is 2. The number of ether oxygens (including phenoxy) is 1. The van der Waals surface area contributed by atoms with E-state index >= 15 is 0 Å². The molecular weight excluding hydrogens is 324 g/mol. The average Bonchev–Trinajstić information content (AvgIpc) is 3.07. The summed E-state index contributed by atoms with van der Waals surface area (Å²) in [5, 5.41) is 1.02. The third kappa shape index (κ3) is 3.25. The molecule has 3 aromatic rings. The van der Waals surface area contributed by atoms with E-state index in [9.17, 15) is 4.79 Å². The molecule has 4 nitrogen and oxygen atoms in total. The lowest BCUT2D eigenvalue weighted by atomic mass is 10.1. The van der Waals surface area contributed by atoms with Crippen LogP contribution in [0.5, 0.6) is 0 Å². The first-order valence-electron chi connectivity index (χ1n) is 9.29. The summed E-state index contributed by atoms with van der Waals surface area (Å²) in [5.74, 6) is 0.106. The predicted molar refractivity (Wildman–Crippen MR) is 103 cm³/mol. The molecule has 1 fully saturated rings. The van der Waals surface area contributed by atoms with E-state index in [2.05, 4.69) is 29.7 Å². The molecule has 4 rings (SSSR count). The summed E-state index contributed by atoms with van der Waals surface area (Å²) in [7, 11) is 0. The largest absolute Gasteiger partial charge is 0.375 e. The Bertz CT molecular complexity index is 901. The SMILES string of the molecule is CC[C@H]1CN(C(=O)c2cn(Cc3ccccc3)c3ccccc23)CCO1. The normalized spacial score (nSPS) is 17.6. The van der Waals surface area contributed by atoms with E-state index in [0.29, 0.717) is 19.7 Å². The van der Waals surface area contributed by atoms with Gasteiger partial charge in [0.05, 0.1) is 18.3 Å². The lowest BCUT2D eigenvalue weighted by molar-refractivity contribution is -0.0225. The van der Waals surface area contributed by atoms with Crippen molar-refractivity contribution in [2.45, 2.75) is 26.0 Å². The number of carbonyl (C=O) groups excluding carboxylic acids is 1. The van der Waals surface area contributed by atoms with Crippen LogP contribution in [-0.4, -0.2) is 41.2 Å². The first-order valence-corrected chi connectivity index (χ1v) is 9.29. The van der Waals surface area contributed by atoms with Gasteiger partial charge in [0.15, 0.2) is 0 Å². The van der Waals surface area contributed by atoms with Crippen LogP contribution in [0.3, 0.4) is 0 Å². The highest BCUT2D eigenvalue weighted by Crippen LogP contribution is 2.24. The minimum absolute atomic E-state index is 0.106. The first-order chi connectivity index (χ1) is 12.8. The maximum atomic E-state index is 13.2. The summed E-state index contributed by atoms with van der Waals surface area (Å²) in [6, 6.07) is 18.5. The molecule has 0 N–H and O–H groups in total. The van der Waals surface area contributed by atoms with Crippen LogP contribution in [0.15, 0.2) is 60.8 Å². The van der Waals surface area contributed by atoms with Gasteiger partial charge in [0, 0.05) is 36.7 Å². The van der Waals surface area contributed by atoms with Crippen LogP contribution in [0.4, 0.5) is 0 Å². The number of fused-ring (bicyclic) bond motifs is 1. The van der Waals surface area contributed by atoms with Crippen molar-refractivity contribution in [3.05, 3.63) is 71.9 Å². The van der Waals surface area contributed by atoms with Crippen LogP contribution >= 0.6 is 0 Å². The second-order valence-corrected chi connectivity index (χ2v) is 6.83. The van der Waals surface area contributed by atoms with Gasteiger partial charge in [0.1, 0.15) is 0 Å². The van der Waals surface area contributed by atoms with E-state index < -0.39 is 0 Å². The van der Waals surface area contributed by atoms with Crippen LogP contribution in [0, 0.1) is 0 Å². The number of hydrogen-bond donors (Lipinski definition) is 0. The smallest absolute Gasteiger partial charge is 0.256 e. The Balaban J connectivity index is 1.68. The number of carbonyl (C=O) groups is 1. The van der Waals surface area contributed by atoms with E-state index in [0.717, 1.165) is 29.4 Å². The number of benzene rings is 2. The van der Waals surface area contributed by atoms with Crippen LogP contribution in [0.2, 0.25) is 0 Å². The molecule has 1 aliphatic heterocycles. The minimum Gasteiger partial charge on any atom is -0.375 e. The standard InChI is InChI=1S/C22H24N2O2/c1-2-18-15-23(12-13-26-18)22(25)20-16-24(14-17-8-4-3-5-9-17)21-11-7-6-10-19(20)21/h3-11,16,18H,2,12-15H2,1H3/t18-/m0/s1. The Kier molecular flexibility index (Phi) is 4.76. The maximum Gasteiger partial charge on any atom is 0.256 e. The Morgan fingerprint density at radius 2 is 1.88 bits per heavy atom. The van der Waals surface area contributed by atoms with E-state index in [1.807, 2.05) is 47.5 Å². The fourth-order valence-electron chi connectivity index (χ4n) is 3.65. The Labute approximate surface area is 154 Å². The maximum absolute atomic E-state index is 13.2. The molecule has 2 aromatic carbocycles. The summed E-state index contributed by atoms with van der Waals surface area (Å²) in [4.78, 5) is 15.1. The van der Waals surface area contributed by atoms with Gasteiger partial charge in [0.2, 0.25) is 0 Å². The number of rotatable bonds is 4. The predicted octanol–water partition coefficient (Wildman–Crippen LogP) is 3.94. The molecule has 0 bridgehead atoms. The number of morpholine rings is 1. The molecule has 0 saturated carbocycles. The number of amides is 1. The highest BCUT2D eigenvalue weighted by molar-refractivity contribution is 6.07. The van der Waals surface area contributed by atoms with Gasteiger partial charge in [0.25, 0.3) is 5.91 Å². The van der Waals surface area contributed by atoms with Crippen molar-refractivity contribution in [2.75, 3.05) is 19.7 Å². The van der Waals surface area contributed by atoms with Crippen molar-refractivity contribution in [3.8, 4) is 0 Å². The molecule has 1 aliphatic rings. The fraction of sp³-hybridized carbons (Fsp3) is 0.318. The molecule has 26 heavy (non-hydrogen) atoms. The zero-order chi connectivity index (χ0) is 17.9. The molecule has 1 saturated heterocycles. The summed E-state index contributed by atoms with van der Waals surface area (Å²) < 4.78 is 7.89. The highest BCUT2D eigenvalue weighted by atomic mass is 16.5. The minimum atomic E-state index is 0.106. The summed E-state index contributed by atoms with van der Waals surface area (Å²) in [6.45, 7) is 4.81. The lowest BCUT2D eigenvalue weighted by Crippen LogP contribution is -2.45. The molecule has 1 amide bonds. The van der Waals surface area contributed by atoms with Crippen molar-refractivity contribution in [1.29, 1.82) is 0 Å². The van der Waals surface area contributed by atoms with Crippen molar-refractivity contribution in [3.63, 3.8) is 0 Å². The van der Waals surface area contributed by atoms with Crippen LogP contribution in [-0.2, 0) is 11.3 Å². The van der Waals surface area contributed by atoms with E-state index in [1.54, 1.807) is 0 Å². The van der Waals surface area contributed by atoms with Crippen molar-refractivity contribution in [2.24, 2.45) is 0 Å². The van der Waals surface area contributed by atoms with Gasteiger partial charge >= 0.3 is 0 Å². The first kappa shape index (κ1) is 16.9. The van der Waals surface area contributed by atoms with E-state index in [4.69, 9.17) is 4.74 Å². The molecule has 1 atom stereocenters. The second kappa shape index (κ2) is 7.34. The van der Waals surface area contributed by atoms with Crippen molar-refractivity contribution < 1.29 is 9.53 Å². The van der Waals surface area contributed by atoms with Gasteiger partial charge in [-0.2, -0.15) is 0 Å². The van der Waals surface area contributed by atoms with Gasteiger partial charge in [-0.3, -0.25) is 4.79 Å². The van der Waals surface area contributed by atoms with Gasteiger partial charge in [-0.25, -0.2) is 0 Å². The molecule has 2 heterocycles. The van der Waals surface area contributed by atoms with Crippen LogP contribution in [0.25, 0.3) is 10.9 Å². The van der Waals surface area contributed by atoms with Gasteiger partial charge in [-0.1, -0.05) is 55.5 Å². The van der Waals surface area contributed by atoms with Crippen LogP contribution in [0.1, 0.15) is 29.3 Å². The molecule has 1 aromatic heterocycles. The van der Waals surface area contributed by atoms with Crippen LogP contribution < -0.4 is 0 Å². The second-order valence-electron chi connectivity index (χ2n) is 6.83. The van der Waals surface area contributed by atoms with Gasteiger partial charge < -0.3 is 14.2 Å². The lowest BCUT2D eigenvalue weighted by Gasteiger charge is -2.32. The molecule has 0 unspecified atom stereocenters. The molecule has 0 aliphatic carbocycles. The van der Waals surface area contributed by atoms with Gasteiger partial charge in [-0.15, -0.1) is 0 Å². The molecular formula is C22H24N2O2. The fourth-order valence-corrected chi connectivity index (χ4v) is 3.65. The molecule has 4 heteroatoms. The monoisotopic (exact) mass is 348 g/mol. The van der Waals surface area contributed by atoms with E-state index in [-0.39, 0.29) is 12.0 Å². The Hall–Kier alpha value is -2.59. The van der Waals surface area contributed by atoms with Crippen molar-refractivity contribution in [1.82, 2.24) is 9.47 Å². The van der Waals surface area contributed by atoms with Crippen molar-refractivity contribution >= 4 is 16.8 Å². The van der Waals surface area contributed by atoms with Gasteiger partial charge in [-0.05, 0) is 18.1 Å². The number of para-hydroxylation sites is 1. The molecule has 0 spiro atoms. The van der Waals surface area contributed by atoms with E-state index in [1.165, 1.54) is 5.56 Å². The third-order valence-electron chi connectivity index (χ3n) is 5.10. The summed E-state index contributed by atoms with van der Waals surface area (Å²) in [6.07, 6.45) is 3.08. The molecule has 0 radical (unpaired) electrons. The summed E-state index contributed by atoms with van der Waals surface area (Å²) in [5.41, 5.74) is 3.11. The zero-order valence-electron chi connectivity index (χ0n) is 15.1. The Morgan fingerprint density at radius 3 is 2.69 bits per heavy atom. The number of aromatic nitrogens is 1. The average molecular weight is 348 g/mol.